The van der Waals surface area contributed by atoms with E-state index in [-0.39, 0.29) is 5.54 Å². The molecule has 0 bridgehead atoms. The molecule has 3 nitrogen and oxygen atoms in total. The van der Waals surface area contributed by atoms with Gasteiger partial charge < -0.3 is 9.52 Å². The molecule has 4 heteroatoms. The first-order valence-corrected chi connectivity index (χ1v) is 7.61. The second kappa shape index (κ2) is 5.76. The van der Waals surface area contributed by atoms with Crippen LogP contribution in [0.2, 0.25) is 0 Å². The lowest BCUT2D eigenvalue weighted by molar-refractivity contribution is -0.0378. The number of rotatable bonds is 5. The summed E-state index contributed by atoms with van der Waals surface area (Å²) in [6.45, 7) is 6.25. The molecule has 18 heavy (non-hydrogen) atoms. The normalized spacial score (nSPS) is 20.5. The minimum Gasteiger partial charge on any atom is -0.465 e. The SMILES string of the molecule is CCN(CC)C1(C(O)c2occc2Br)CCCC1. The van der Waals surface area contributed by atoms with Crippen LogP contribution in [0.3, 0.4) is 0 Å². The summed E-state index contributed by atoms with van der Waals surface area (Å²) in [6, 6.07) is 1.85. The number of aliphatic hydroxyl groups is 1. The first kappa shape index (κ1) is 14.1. The van der Waals surface area contributed by atoms with Crippen LogP contribution >= 0.6 is 15.9 Å². The Kier molecular flexibility index (Phi) is 4.51. The third kappa shape index (κ3) is 2.26. The van der Waals surface area contributed by atoms with Crippen molar-refractivity contribution in [3.63, 3.8) is 0 Å². The molecule has 102 valence electrons. The van der Waals surface area contributed by atoms with Crippen molar-refractivity contribution < 1.29 is 9.52 Å². The Bertz CT molecular complexity index is 381. The summed E-state index contributed by atoms with van der Waals surface area (Å²) in [6.07, 6.45) is 5.54. The van der Waals surface area contributed by atoms with Crippen molar-refractivity contribution >= 4 is 15.9 Å². The van der Waals surface area contributed by atoms with E-state index in [2.05, 4.69) is 34.7 Å². The molecule has 1 fully saturated rings. The highest BCUT2D eigenvalue weighted by atomic mass is 79.9. The van der Waals surface area contributed by atoms with Crippen molar-refractivity contribution in [1.29, 1.82) is 0 Å². The quantitative estimate of drug-likeness (QED) is 0.899. The van der Waals surface area contributed by atoms with Gasteiger partial charge in [-0.1, -0.05) is 26.7 Å². The van der Waals surface area contributed by atoms with Crippen LogP contribution in [0.4, 0.5) is 0 Å². The van der Waals surface area contributed by atoms with Crippen LogP contribution in [0.1, 0.15) is 51.4 Å². The molecule has 0 saturated heterocycles. The van der Waals surface area contributed by atoms with Crippen LogP contribution < -0.4 is 0 Å². The van der Waals surface area contributed by atoms with E-state index in [4.69, 9.17) is 4.42 Å². The lowest BCUT2D eigenvalue weighted by Crippen LogP contribution is -2.51. The maximum absolute atomic E-state index is 10.8. The maximum atomic E-state index is 10.8. The molecule has 1 N–H and O–H groups in total. The van der Waals surface area contributed by atoms with E-state index in [1.165, 1.54) is 12.8 Å². The van der Waals surface area contributed by atoms with Gasteiger partial charge in [0.1, 0.15) is 11.9 Å². The van der Waals surface area contributed by atoms with E-state index < -0.39 is 6.10 Å². The molecule has 0 spiro atoms. The van der Waals surface area contributed by atoms with Gasteiger partial charge in [-0.25, -0.2) is 0 Å². The molecular formula is C14H22BrNO2. The second-order valence-electron chi connectivity index (χ2n) is 5.02. The average Bonchev–Trinajstić information content (AvgIpc) is 3.00. The lowest BCUT2D eigenvalue weighted by Gasteiger charge is -2.43. The number of hydrogen-bond donors (Lipinski definition) is 1. The van der Waals surface area contributed by atoms with Gasteiger partial charge >= 0.3 is 0 Å². The van der Waals surface area contributed by atoms with Gasteiger partial charge in [-0.05, 0) is 47.9 Å². The van der Waals surface area contributed by atoms with Gasteiger partial charge in [-0.15, -0.1) is 0 Å². The highest BCUT2D eigenvalue weighted by molar-refractivity contribution is 9.10. The predicted molar refractivity (Wildman–Crippen MR) is 75.5 cm³/mol. The zero-order chi connectivity index (χ0) is 13.2. The van der Waals surface area contributed by atoms with Gasteiger partial charge in [0.2, 0.25) is 0 Å². The number of halogens is 1. The fourth-order valence-corrected chi connectivity index (χ4v) is 3.77. The molecular weight excluding hydrogens is 294 g/mol. The zero-order valence-electron chi connectivity index (χ0n) is 11.2. The van der Waals surface area contributed by atoms with Crippen LogP contribution in [0, 0.1) is 0 Å². The van der Waals surface area contributed by atoms with E-state index in [0.29, 0.717) is 5.76 Å². The standard InChI is InChI=1S/C14H22BrNO2/c1-3-16(4-2)14(8-5-6-9-14)13(17)12-11(15)7-10-18-12/h7,10,13,17H,3-6,8-9H2,1-2H3. The fourth-order valence-electron chi connectivity index (χ4n) is 3.35. The molecule has 0 aliphatic heterocycles. The van der Waals surface area contributed by atoms with Crippen molar-refractivity contribution in [1.82, 2.24) is 4.90 Å². The topological polar surface area (TPSA) is 36.6 Å². The van der Waals surface area contributed by atoms with Gasteiger partial charge in [0.25, 0.3) is 0 Å². The highest BCUT2D eigenvalue weighted by Crippen LogP contribution is 2.46. The molecule has 1 atom stereocenters. The number of furan rings is 1. The molecule has 1 aliphatic rings. The van der Waals surface area contributed by atoms with Crippen LogP contribution in [0.15, 0.2) is 21.2 Å². The Balaban J connectivity index is 2.33. The van der Waals surface area contributed by atoms with Crippen molar-refractivity contribution in [2.45, 2.75) is 51.2 Å². The van der Waals surface area contributed by atoms with Crippen molar-refractivity contribution in [2.24, 2.45) is 0 Å². The van der Waals surface area contributed by atoms with Gasteiger partial charge in [-0.2, -0.15) is 0 Å². The maximum Gasteiger partial charge on any atom is 0.148 e. The Labute approximate surface area is 117 Å². The molecule has 1 aromatic rings. The lowest BCUT2D eigenvalue weighted by atomic mass is 9.86. The molecule has 1 saturated carbocycles. The third-order valence-corrected chi connectivity index (χ3v) is 4.92. The zero-order valence-corrected chi connectivity index (χ0v) is 12.7. The number of aliphatic hydroxyl groups excluding tert-OH is 1. The van der Waals surface area contributed by atoms with Crippen molar-refractivity contribution in [3.05, 3.63) is 22.6 Å². The second-order valence-corrected chi connectivity index (χ2v) is 5.87. The third-order valence-electron chi connectivity index (χ3n) is 4.26. The van der Waals surface area contributed by atoms with Gasteiger partial charge in [0.05, 0.1) is 16.3 Å². The fraction of sp³-hybridized carbons (Fsp3) is 0.714. The highest BCUT2D eigenvalue weighted by Gasteiger charge is 2.46. The van der Waals surface area contributed by atoms with Gasteiger partial charge in [0, 0.05) is 0 Å². The first-order valence-electron chi connectivity index (χ1n) is 6.81. The largest absolute Gasteiger partial charge is 0.465 e. The molecule has 1 aromatic heterocycles. The summed E-state index contributed by atoms with van der Waals surface area (Å²) in [5.41, 5.74) is -0.149. The monoisotopic (exact) mass is 315 g/mol. The van der Waals surface area contributed by atoms with Crippen LogP contribution in [0.5, 0.6) is 0 Å². The van der Waals surface area contributed by atoms with Gasteiger partial charge in [-0.3, -0.25) is 4.90 Å². The Hall–Kier alpha value is -0.320. The number of likely N-dealkylation sites (N-methyl/N-ethyl adjacent to an activating group) is 1. The molecule has 0 aromatic carbocycles. The first-order chi connectivity index (χ1) is 8.65. The van der Waals surface area contributed by atoms with Crippen LogP contribution in [-0.4, -0.2) is 28.6 Å². The Morgan fingerprint density at radius 3 is 2.44 bits per heavy atom. The minimum atomic E-state index is -0.552. The number of nitrogens with zero attached hydrogens (tertiary/aromatic N) is 1. The van der Waals surface area contributed by atoms with E-state index in [1.807, 2.05) is 6.07 Å². The van der Waals surface area contributed by atoms with Crippen molar-refractivity contribution in [3.8, 4) is 0 Å². The minimum absolute atomic E-state index is 0.149. The molecule has 1 aliphatic carbocycles. The Morgan fingerprint density at radius 2 is 2.00 bits per heavy atom. The summed E-state index contributed by atoms with van der Waals surface area (Å²) >= 11 is 3.46. The van der Waals surface area contributed by atoms with E-state index in [9.17, 15) is 5.11 Å². The summed E-state index contributed by atoms with van der Waals surface area (Å²) in [4.78, 5) is 2.39. The van der Waals surface area contributed by atoms with Gasteiger partial charge in [0.15, 0.2) is 0 Å². The molecule has 2 rings (SSSR count). The van der Waals surface area contributed by atoms with E-state index in [0.717, 1.165) is 30.4 Å². The summed E-state index contributed by atoms with van der Waals surface area (Å²) in [5, 5.41) is 10.8. The molecule has 0 amide bonds. The molecule has 1 heterocycles. The number of hydrogen-bond acceptors (Lipinski definition) is 3. The smallest absolute Gasteiger partial charge is 0.148 e. The molecule has 0 radical (unpaired) electrons. The van der Waals surface area contributed by atoms with E-state index >= 15 is 0 Å². The van der Waals surface area contributed by atoms with Crippen molar-refractivity contribution in [2.75, 3.05) is 13.1 Å². The van der Waals surface area contributed by atoms with Crippen LogP contribution in [-0.2, 0) is 0 Å². The van der Waals surface area contributed by atoms with E-state index in [1.54, 1.807) is 6.26 Å². The molecule has 1 unspecified atom stereocenters. The predicted octanol–water partition coefficient (Wildman–Crippen LogP) is 3.73. The average molecular weight is 316 g/mol. The van der Waals surface area contributed by atoms with Crippen LogP contribution in [0.25, 0.3) is 0 Å². The summed E-state index contributed by atoms with van der Waals surface area (Å²) in [5.74, 6) is 0.670. The summed E-state index contributed by atoms with van der Waals surface area (Å²) in [7, 11) is 0. The Morgan fingerprint density at radius 1 is 1.39 bits per heavy atom. The summed E-state index contributed by atoms with van der Waals surface area (Å²) < 4.78 is 6.35.